The molecule has 4 amide bonds. The number of carbonyl (C=O) groups excluding carboxylic acids is 2. The zero-order valence-electron chi connectivity index (χ0n) is 16.5. The van der Waals surface area contributed by atoms with Gasteiger partial charge in [-0.3, -0.25) is 0 Å². The maximum absolute atomic E-state index is 12.8. The molecule has 30 heavy (non-hydrogen) atoms. The fraction of sp³-hybridized carbons (Fsp3) is 0.130. The molecular weight excluding hydrogens is 380 g/mol. The summed E-state index contributed by atoms with van der Waals surface area (Å²) in [5.41, 5.74) is 7.65. The average Bonchev–Trinajstić information content (AvgIpc) is 2.77. The van der Waals surface area contributed by atoms with E-state index in [2.05, 4.69) is 16.0 Å². The van der Waals surface area contributed by atoms with Crippen LogP contribution in [0.5, 0.6) is 5.75 Å². The van der Waals surface area contributed by atoms with Crippen molar-refractivity contribution < 1.29 is 14.3 Å². The number of hydrogen-bond acceptors (Lipinski definition) is 3. The Hall–Kier alpha value is -4.00. The third kappa shape index (κ3) is 5.51. The van der Waals surface area contributed by atoms with E-state index in [0.717, 1.165) is 11.1 Å². The number of amides is 4. The molecule has 0 aromatic heterocycles. The molecule has 0 fully saturated rings. The number of methoxy groups -OCH3 is 1. The van der Waals surface area contributed by atoms with Crippen molar-refractivity contribution in [3.8, 4) is 5.75 Å². The van der Waals surface area contributed by atoms with Gasteiger partial charge in [0.15, 0.2) is 0 Å². The smallest absolute Gasteiger partial charge is 0.319 e. The molecule has 7 heteroatoms. The van der Waals surface area contributed by atoms with Crippen LogP contribution in [0.15, 0.2) is 84.9 Å². The SMILES string of the molecule is COc1cccc(NC(=O)NC(c2ccccc2)C(NC(N)=O)c2ccccc2)c1. The van der Waals surface area contributed by atoms with E-state index in [0.29, 0.717) is 11.4 Å². The second-order valence-electron chi connectivity index (χ2n) is 6.62. The molecule has 0 radical (unpaired) electrons. The number of ether oxygens (including phenoxy) is 1. The first-order valence-corrected chi connectivity index (χ1v) is 9.44. The molecule has 5 N–H and O–H groups in total. The lowest BCUT2D eigenvalue weighted by Gasteiger charge is -2.29. The van der Waals surface area contributed by atoms with Crippen molar-refractivity contribution in [3.63, 3.8) is 0 Å². The predicted octanol–water partition coefficient (Wildman–Crippen LogP) is 3.97. The minimum atomic E-state index is -0.681. The van der Waals surface area contributed by atoms with Gasteiger partial charge in [0.2, 0.25) is 0 Å². The van der Waals surface area contributed by atoms with Gasteiger partial charge in [-0.25, -0.2) is 9.59 Å². The third-order valence-electron chi connectivity index (χ3n) is 4.56. The highest BCUT2D eigenvalue weighted by Gasteiger charge is 2.27. The fourth-order valence-corrected chi connectivity index (χ4v) is 3.20. The lowest BCUT2D eigenvalue weighted by molar-refractivity contribution is 0.234. The van der Waals surface area contributed by atoms with Crippen molar-refractivity contribution in [1.29, 1.82) is 0 Å². The molecule has 2 unspecified atom stereocenters. The number of nitrogens with two attached hydrogens (primary N) is 1. The Kier molecular flexibility index (Phi) is 6.89. The summed E-state index contributed by atoms with van der Waals surface area (Å²) in [6.45, 7) is 0. The summed E-state index contributed by atoms with van der Waals surface area (Å²) in [5, 5.41) is 8.52. The Balaban J connectivity index is 1.89. The van der Waals surface area contributed by atoms with Gasteiger partial charge in [-0.05, 0) is 23.3 Å². The first kappa shape index (κ1) is 20.7. The van der Waals surface area contributed by atoms with Gasteiger partial charge in [0.1, 0.15) is 5.75 Å². The maximum Gasteiger partial charge on any atom is 0.319 e. The minimum absolute atomic E-state index is 0.427. The van der Waals surface area contributed by atoms with Gasteiger partial charge in [-0.15, -0.1) is 0 Å². The van der Waals surface area contributed by atoms with Crippen molar-refractivity contribution in [2.24, 2.45) is 5.73 Å². The van der Waals surface area contributed by atoms with Gasteiger partial charge in [0.05, 0.1) is 19.2 Å². The summed E-state index contributed by atoms with van der Waals surface area (Å²) in [6, 6.07) is 23.6. The number of nitrogens with one attached hydrogen (secondary N) is 3. The van der Waals surface area contributed by atoms with Crippen LogP contribution in [0.1, 0.15) is 23.2 Å². The average molecular weight is 404 g/mol. The van der Waals surface area contributed by atoms with Crippen molar-refractivity contribution in [1.82, 2.24) is 10.6 Å². The summed E-state index contributed by atoms with van der Waals surface area (Å²) >= 11 is 0. The van der Waals surface area contributed by atoms with Crippen LogP contribution in [0.4, 0.5) is 15.3 Å². The maximum atomic E-state index is 12.8. The summed E-state index contributed by atoms with van der Waals surface area (Å²) in [5.74, 6) is 0.630. The first-order chi connectivity index (χ1) is 14.6. The van der Waals surface area contributed by atoms with Crippen LogP contribution in [-0.4, -0.2) is 19.2 Å². The number of urea groups is 2. The largest absolute Gasteiger partial charge is 0.497 e. The van der Waals surface area contributed by atoms with E-state index in [1.54, 1.807) is 31.4 Å². The van der Waals surface area contributed by atoms with E-state index in [1.807, 2.05) is 60.7 Å². The molecule has 3 aromatic carbocycles. The summed E-state index contributed by atoms with van der Waals surface area (Å²) in [7, 11) is 1.56. The molecule has 0 heterocycles. The Labute approximate surface area is 175 Å². The van der Waals surface area contributed by atoms with Crippen LogP contribution >= 0.6 is 0 Å². The zero-order valence-corrected chi connectivity index (χ0v) is 16.5. The van der Waals surface area contributed by atoms with Crippen LogP contribution < -0.4 is 26.4 Å². The Morgan fingerprint density at radius 3 is 1.90 bits per heavy atom. The predicted molar refractivity (Wildman–Crippen MR) is 116 cm³/mol. The second-order valence-corrected chi connectivity index (χ2v) is 6.62. The number of carbonyl (C=O) groups is 2. The molecule has 7 nitrogen and oxygen atoms in total. The Morgan fingerprint density at radius 2 is 1.37 bits per heavy atom. The van der Waals surface area contributed by atoms with Crippen molar-refractivity contribution in [3.05, 3.63) is 96.1 Å². The molecule has 0 bridgehead atoms. The molecule has 0 aliphatic carbocycles. The van der Waals surface area contributed by atoms with Crippen LogP contribution in [0, 0.1) is 0 Å². The van der Waals surface area contributed by atoms with E-state index in [-0.39, 0.29) is 0 Å². The van der Waals surface area contributed by atoms with Crippen LogP contribution in [0.25, 0.3) is 0 Å². The molecule has 3 rings (SSSR count). The monoisotopic (exact) mass is 404 g/mol. The van der Waals surface area contributed by atoms with Crippen LogP contribution in [0.2, 0.25) is 0 Å². The van der Waals surface area contributed by atoms with Crippen molar-refractivity contribution >= 4 is 17.7 Å². The first-order valence-electron chi connectivity index (χ1n) is 9.44. The van der Waals surface area contributed by atoms with E-state index in [9.17, 15) is 9.59 Å². The number of rotatable bonds is 7. The van der Waals surface area contributed by atoms with Crippen molar-refractivity contribution in [2.45, 2.75) is 12.1 Å². The van der Waals surface area contributed by atoms with Crippen LogP contribution in [-0.2, 0) is 0 Å². The lowest BCUT2D eigenvalue weighted by Crippen LogP contribution is -2.43. The number of primary amides is 1. The van der Waals surface area contributed by atoms with E-state index in [1.165, 1.54) is 0 Å². The van der Waals surface area contributed by atoms with Gasteiger partial charge >= 0.3 is 12.1 Å². The molecule has 0 saturated heterocycles. The molecule has 154 valence electrons. The Bertz CT molecular complexity index is 980. The highest BCUT2D eigenvalue weighted by atomic mass is 16.5. The summed E-state index contributed by atoms with van der Waals surface area (Å²) < 4.78 is 5.19. The van der Waals surface area contributed by atoms with Gasteiger partial charge in [-0.2, -0.15) is 0 Å². The van der Waals surface area contributed by atoms with Gasteiger partial charge in [0, 0.05) is 11.8 Å². The lowest BCUT2D eigenvalue weighted by atomic mass is 9.93. The quantitative estimate of drug-likeness (QED) is 0.479. The second kappa shape index (κ2) is 9.97. The number of hydrogen-bond donors (Lipinski definition) is 4. The van der Waals surface area contributed by atoms with Gasteiger partial charge < -0.3 is 26.4 Å². The van der Waals surface area contributed by atoms with E-state index >= 15 is 0 Å². The molecule has 3 aromatic rings. The summed E-state index contributed by atoms with van der Waals surface area (Å²) in [4.78, 5) is 24.5. The van der Waals surface area contributed by atoms with E-state index < -0.39 is 24.1 Å². The highest BCUT2D eigenvalue weighted by Crippen LogP contribution is 2.29. The van der Waals surface area contributed by atoms with Gasteiger partial charge in [0.25, 0.3) is 0 Å². The fourth-order valence-electron chi connectivity index (χ4n) is 3.20. The normalized spacial score (nSPS) is 12.3. The zero-order chi connectivity index (χ0) is 21.3. The molecule has 0 saturated carbocycles. The molecular formula is C23H24N4O3. The highest BCUT2D eigenvalue weighted by molar-refractivity contribution is 5.90. The standard InChI is InChI=1S/C23H24N4O3/c1-30-19-14-8-13-18(15-19)25-23(29)27-21(17-11-6-3-7-12-17)20(26-22(24)28)16-9-4-2-5-10-16/h2-15,20-21H,1H3,(H3,24,26,28)(H2,25,27,29). The topological polar surface area (TPSA) is 105 Å². The van der Waals surface area contributed by atoms with Gasteiger partial charge in [-0.1, -0.05) is 66.7 Å². The Morgan fingerprint density at radius 1 is 0.800 bits per heavy atom. The number of benzene rings is 3. The molecule has 0 aliphatic rings. The molecule has 2 atom stereocenters. The van der Waals surface area contributed by atoms with Crippen molar-refractivity contribution in [2.75, 3.05) is 12.4 Å². The molecule has 0 aliphatic heterocycles. The van der Waals surface area contributed by atoms with Crippen LogP contribution in [0.3, 0.4) is 0 Å². The summed E-state index contributed by atoms with van der Waals surface area (Å²) in [6.07, 6.45) is 0. The third-order valence-corrected chi connectivity index (χ3v) is 4.56. The van der Waals surface area contributed by atoms with E-state index in [4.69, 9.17) is 10.5 Å². The molecule has 0 spiro atoms. The number of anilines is 1. The minimum Gasteiger partial charge on any atom is -0.497 e.